The molecule has 2 aromatic carbocycles. The van der Waals surface area contributed by atoms with Crippen molar-refractivity contribution in [1.29, 1.82) is 0 Å². The molecule has 2 fully saturated rings. The van der Waals surface area contributed by atoms with Crippen LogP contribution in [0, 0.1) is 0 Å². The lowest BCUT2D eigenvalue weighted by atomic mass is 10.0. The standard InChI is InChI=1S/C32H36ClN3O6Si/c1-43(2,3)16-15-38-20-36-25-17-24(33)28(23-11-9-22(10-12-23)21-7-5-4-6-8-21)34-31(25)35-32(36)42-27-19-41-29-26(39-14-13-37)18-40-30(27)29/h4-13,17,26-27,29-30H,14-16,18-20H2,1-3H3/t26-,27-,29?,30-/m1/s1. The second kappa shape index (κ2) is 12.9. The summed E-state index contributed by atoms with van der Waals surface area (Å²) in [5.41, 5.74) is 5.01. The van der Waals surface area contributed by atoms with Crippen LogP contribution in [0.5, 0.6) is 6.01 Å². The highest BCUT2D eigenvalue weighted by Gasteiger charge is 2.50. The van der Waals surface area contributed by atoms with Crippen molar-refractivity contribution in [1.82, 2.24) is 14.5 Å². The van der Waals surface area contributed by atoms with Gasteiger partial charge < -0.3 is 28.5 Å². The summed E-state index contributed by atoms with van der Waals surface area (Å²) in [6.07, 6.45) is -0.649. The number of aromatic nitrogens is 3. The molecule has 43 heavy (non-hydrogen) atoms. The van der Waals surface area contributed by atoms with Gasteiger partial charge in [-0.1, -0.05) is 85.8 Å². The second-order valence-corrected chi connectivity index (χ2v) is 18.1. The number of pyridine rings is 1. The minimum atomic E-state index is -1.27. The molecule has 226 valence electrons. The van der Waals surface area contributed by atoms with Crippen LogP contribution in [0.25, 0.3) is 33.5 Å². The van der Waals surface area contributed by atoms with E-state index in [9.17, 15) is 4.79 Å². The van der Waals surface area contributed by atoms with Crippen LogP contribution in [0.3, 0.4) is 0 Å². The van der Waals surface area contributed by atoms with Crippen molar-refractivity contribution in [2.24, 2.45) is 0 Å². The number of benzene rings is 2. The van der Waals surface area contributed by atoms with Crippen LogP contribution in [0.4, 0.5) is 0 Å². The fourth-order valence-electron chi connectivity index (χ4n) is 5.38. The number of halogens is 1. The van der Waals surface area contributed by atoms with Gasteiger partial charge in [-0.25, -0.2) is 4.98 Å². The highest BCUT2D eigenvalue weighted by Crippen LogP contribution is 2.35. The molecule has 0 amide bonds. The molecule has 6 rings (SSSR count). The van der Waals surface area contributed by atoms with E-state index in [2.05, 4.69) is 43.9 Å². The SMILES string of the molecule is C[Si](C)(C)CCOCn1c(O[C@@H]2COC3[C@H](OCC=O)CO[C@@H]32)nc2nc(-c3ccc(-c4ccccc4)cc3)c(Cl)cc21. The molecule has 0 aliphatic carbocycles. The molecule has 9 nitrogen and oxygen atoms in total. The zero-order valence-electron chi connectivity index (χ0n) is 24.6. The summed E-state index contributed by atoms with van der Waals surface area (Å²) in [6, 6.07) is 21.7. The maximum atomic E-state index is 10.8. The van der Waals surface area contributed by atoms with Gasteiger partial charge in [-0.2, -0.15) is 4.98 Å². The molecule has 0 bridgehead atoms. The number of ether oxygens (including phenoxy) is 5. The summed E-state index contributed by atoms with van der Waals surface area (Å²) in [4.78, 5) is 20.5. The molecule has 4 aromatic rings. The highest BCUT2D eigenvalue weighted by molar-refractivity contribution is 6.76. The third-order valence-corrected chi connectivity index (χ3v) is 9.73. The first-order chi connectivity index (χ1) is 20.8. The number of hydrogen-bond donors (Lipinski definition) is 0. The lowest BCUT2D eigenvalue weighted by Crippen LogP contribution is -2.36. The molecule has 0 radical (unpaired) electrons. The molecule has 0 N–H and O–H groups in total. The Balaban J connectivity index is 1.28. The number of nitrogens with zero attached hydrogens (tertiary/aromatic N) is 3. The van der Waals surface area contributed by atoms with Gasteiger partial charge in [0, 0.05) is 20.2 Å². The average molecular weight is 622 g/mol. The first-order valence-corrected chi connectivity index (χ1v) is 18.6. The third kappa shape index (κ3) is 6.69. The van der Waals surface area contributed by atoms with Crippen LogP contribution in [-0.2, 0) is 30.5 Å². The Hall–Kier alpha value is -3.12. The Bertz CT molecular complexity index is 1560. The number of fused-ring (bicyclic) bond motifs is 2. The van der Waals surface area contributed by atoms with E-state index in [0.717, 1.165) is 29.0 Å². The topological polar surface area (TPSA) is 93.9 Å². The van der Waals surface area contributed by atoms with Gasteiger partial charge in [0.25, 0.3) is 0 Å². The first kappa shape index (κ1) is 29.9. The van der Waals surface area contributed by atoms with Gasteiger partial charge in [-0.15, -0.1) is 0 Å². The van der Waals surface area contributed by atoms with Crippen LogP contribution in [0.15, 0.2) is 60.7 Å². The number of aldehydes is 1. The van der Waals surface area contributed by atoms with E-state index < -0.39 is 14.2 Å². The summed E-state index contributed by atoms with van der Waals surface area (Å²) in [7, 11) is -1.27. The predicted octanol–water partition coefficient (Wildman–Crippen LogP) is 5.86. The van der Waals surface area contributed by atoms with E-state index in [0.29, 0.717) is 47.7 Å². The molecule has 1 unspecified atom stereocenters. The molecule has 0 spiro atoms. The van der Waals surface area contributed by atoms with Crippen molar-refractivity contribution in [3.8, 4) is 28.4 Å². The van der Waals surface area contributed by atoms with E-state index in [1.165, 1.54) is 0 Å². The summed E-state index contributed by atoms with van der Waals surface area (Å²) < 4.78 is 31.9. The quantitative estimate of drug-likeness (QED) is 0.110. The first-order valence-electron chi connectivity index (χ1n) is 14.6. The minimum Gasteiger partial charge on any atom is -0.456 e. The molecule has 2 saturated heterocycles. The van der Waals surface area contributed by atoms with Gasteiger partial charge in [0.1, 0.15) is 37.9 Å². The minimum absolute atomic E-state index is 0.000429. The summed E-state index contributed by atoms with van der Waals surface area (Å²) >= 11 is 6.84. The zero-order chi connectivity index (χ0) is 30.0. The van der Waals surface area contributed by atoms with Gasteiger partial charge >= 0.3 is 6.01 Å². The number of hydrogen-bond acceptors (Lipinski definition) is 8. The Labute approximate surface area is 257 Å². The van der Waals surface area contributed by atoms with Gasteiger partial charge in [0.05, 0.1) is 29.4 Å². The van der Waals surface area contributed by atoms with Crippen molar-refractivity contribution in [2.75, 3.05) is 26.4 Å². The Morgan fingerprint density at radius 2 is 1.63 bits per heavy atom. The van der Waals surface area contributed by atoms with E-state index in [1.54, 1.807) is 0 Å². The van der Waals surface area contributed by atoms with Crippen LogP contribution >= 0.6 is 11.6 Å². The van der Waals surface area contributed by atoms with Crippen LogP contribution in [-0.4, -0.2) is 79.7 Å². The van der Waals surface area contributed by atoms with Gasteiger partial charge in [-0.3, -0.25) is 4.57 Å². The third-order valence-electron chi connectivity index (χ3n) is 7.74. The van der Waals surface area contributed by atoms with E-state index in [1.807, 2.05) is 41.0 Å². The fourth-order valence-corrected chi connectivity index (χ4v) is 6.39. The highest BCUT2D eigenvalue weighted by atomic mass is 35.5. The molecule has 2 aliphatic heterocycles. The van der Waals surface area contributed by atoms with Crippen molar-refractivity contribution < 1.29 is 28.5 Å². The predicted molar refractivity (Wildman–Crippen MR) is 167 cm³/mol. The monoisotopic (exact) mass is 621 g/mol. The van der Waals surface area contributed by atoms with Gasteiger partial charge in [0.2, 0.25) is 0 Å². The smallest absolute Gasteiger partial charge is 0.301 e. The van der Waals surface area contributed by atoms with Crippen molar-refractivity contribution in [2.45, 2.75) is 56.8 Å². The summed E-state index contributed by atoms with van der Waals surface area (Å²) in [6.45, 7) is 8.48. The molecule has 2 aliphatic rings. The Kier molecular flexibility index (Phi) is 8.94. The fraction of sp³-hybridized carbons (Fsp3) is 0.406. The molecule has 4 heterocycles. The van der Waals surface area contributed by atoms with Crippen LogP contribution in [0.1, 0.15) is 0 Å². The van der Waals surface area contributed by atoms with E-state index >= 15 is 0 Å². The van der Waals surface area contributed by atoms with Gasteiger partial charge in [0.15, 0.2) is 11.8 Å². The van der Waals surface area contributed by atoms with Crippen molar-refractivity contribution in [3.05, 3.63) is 65.7 Å². The number of imidazole rings is 1. The molecule has 2 aromatic heterocycles. The molecule has 0 saturated carbocycles. The largest absolute Gasteiger partial charge is 0.456 e. The molecule has 11 heteroatoms. The van der Waals surface area contributed by atoms with Crippen molar-refractivity contribution in [3.63, 3.8) is 0 Å². The molecule has 4 atom stereocenters. The van der Waals surface area contributed by atoms with E-state index in [-0.39, 0.29) is 31.6 Å². The van der Waals surface area contributed by atoms with Gasteiger partial charge in [-0.05, 0) is 23.2 Å². The molecular formula is C32H36ClN3O6Si. The zero-order valence-corrected chi connectivity index (χ0v) is 26.3. The van der Waals surface area contributed by atoms with E-state index in [4.69, 9.17) is 45.3 Å². The normalized spacial score (nSPS) is 21.8. The lowest BCUT2D eigenvalue weighted by Gasteiger charge is -2.19. The summed E-state index contributed by atoms with van der Waals surface area (Å²) in [5.74, 6) is 0. The van der Waals surface area contributed by atoms with Crippen LogP contribution in [0.2, 0.25) is 30.7 Å². The Morgan fingerprint density at radius 3 is 2.35 bits per heavy atom. The van der Waals surface area contributed by atoms with Crippen LogP contribution < -0.4 is 4.74 Å². The number of carbonyl (C=O) groups is 1. The molecular weight excluding hydrogens is 586 g/mol. The van der Waals surface area contributed by atoms with Crippen molar-refractivity contribution >= 4 is 37.1 Å². The maximum Gasteiger partial charge on any atom is 0.301 e. The Morgan fingerprint density at radius 1 is 0.953 bits per heavy atom. The average Bonchev–Trinajstić information content (AvgIpc) is 3.68. The second-order valence-electron chi connectivity index (χ2n) is 12.1. The number of rotatable bonds is 12. The lowest BCUT2D eigenvalue weighted by molar-refractivity contribution is -0.116. The number of carbonyl (C=O) groups excluding carboxylic acids is 1. The summed E-state index contributed by atoms with van der Waals surface area (Å²) in [5, 5.41) is 0.508. The maximum absolute atomic E-state index is 10.8.